The summed E-state index contributed by atoms with van der Waals surface area (Å²) in [5.41, 5.74) is 9.50. The Morgan fingerprint density at radius 1 is 0.630 bits per heavy atom. The molecule has 0 heterocycles. The molecule has 4 aromatic carbocycles. The number of hydrogen-bond acceptors (Lipinski definition) is 0. The first-order valence-corrected chi connectivity index (χ1v) is 10.1. The molecule has 1 atom stereocenters. The Morgan fingerprint density at radius 2 is 1.41 bits per heavy atom. The fourth-order valence-corrected chi connectivity index (χ4v) is 4.58. The van der Waals surface area contributed by atoms with E-state index in [0.29, 0.717) is 5.92 Å². The van der Waals surface area contributed by atoms with Gasteiger partial charge < -0.3 is 0 Å². The van der Waals surface area contributed by atoms with Crippen molar-refractivity contribution in [1.29, 1.82) is 0 Å². The summed E-state index contributed by atoms with van der Waals surface area (Å²) in [6, 6.07) is 35.2. The molecule has 1 heteroatoms. The van der Waals surface area contributed by atoms with E-state index in [-0.39, 0.29) is 0 Å². The van der Waals surface area contributed by atoms with Crippen LogP contribution < -0.4 is 0 Å². The van der Waals surface area contributed by atoms with Gasteiger partial charge in [-0.25, -0.2) is 0 Å². The quantitative estimate of drug-likeness (QED) is 0.321. The summed E-state index contributed by atoms with van der Waals surface area (Å²) in [7, 11) is 0. The van der Waals surface area contributed by atoms with E-state index >= 15 is 0 Å². The third-order valence-electron chi connectivity index (χ3n) is 5.52. The maximum Gasteiger partial charge on any atom is 0.0181 e. The van der Waals surface area contributed by atoms with Crippen molar-refractivity contribution in [3.05, 3.63) is 118 Å². The first-order valence-electron chi connectivity index (χ1n) is 9.33. The summed E-state index contributed by atoms with van der Waals surface area (Å²) in [5, 5.41) is 0. The van der Waals surface area contributed by atoms with Crippen LogP contribution in [0.2, 0.25) is 0 Å². The van der Waals surface area contributed by atoms with Crippen molar-refractivity contribution in [3.63, 3.8) is 0 Å². The van der Waals surface area contributed by atoms with Crippen molar-refractivity contribution in [2.24, 2.45) is 0 Å². The molecule has 0 saturated heterocycles. The molecule has 1 unspecified atom stereocenters. The van der Waals surface area contributed by atoms with Crippen LogP contribution in [0, 0.1) is 0 Å². The smallest absolute Gasteiger partial charge is 0.0181 e. The largest absolute Gasteiger partial charge is 0.0622 e. The van der Waals surface area contributed by atoms with Gasteiger partial charge in [0.25, 0.3) is 0 Å². The molecule has 0 aromatic heterocycles. The highest BCUT2D eigenvalue weighted by Crippen LogP contribution is 2.43. The van der Waals surface area contributed by atoms with Crippen LogP contribution in [0.25, 0.3) is 22.3 Å². The van der Waals surface area contributed by atoms with Crippen molar-refractivity contribution in [2.75, 3.05) is 0 Å². The molecular formula is C26H19Br. The van der Waals surface area contributed by atoms with Gasteiger partial charge in [0.15, 0.2) is 0 Å². The topological polar surface area (TPSA) is 0 Å². The first kappa shape index (κ1) is 16.5. The Morgan fingerprint density at radius 3 is 2.30 bits per heavy atom. The van der Waals surface area contributed by atoms with Gasteiger partial charge in [0.05, 0.1) is 0 Å². The standard InChI is InChI=1S/C26H19Br/c27-22-14-13-21-16-25(23-11-4-5-12-24(23)26(21)17-22)20-10-6-9-19(15-20)18-7-2-1-3-8-18/h1-15,17,25H,16H2. The molecule has 130 valence electrons. The monoisotopic (exact) mass is 410 g/mol. The Balaban J connectivity index is 1.64. The van der Waals surface area contributed by atoms with Crippen LogP contribution in [-0.2, 0) is 6.42 Å². The molecule has 0 radical (unpaired) electrons. The van der Waals surface area contributed by atoms with E-state index in [2.05, 4.69) is 113 Å². The number of rotatable bonds is 2. The third-order valence-corrected chi connectivity index (χ3v) is 6.01. The van der Waals surface area contributed by atoms with Gasteiger partial charge in [0.1, 0.15) is 0 Å². The maximum absolute atomic E-state index is 3.64. The van der Waals surface area contributed by atoms with E-state index in [4.69, 9.17) is 0 Å². The minimum Gasteiger partial charge on any atom is -0.0622 e. The van der Waals surface area contributed by atoms with E-state index in [1.54, 1.807) is 0 Å². The Labute approximate surface area is 168 Å². The predicted octanol–water partition coefficient (Wildman–Crippen LogP) is 7.47. The summed E-state index contributed by atoms with van der Waals surface area (Å²) < 4.78 is 1.14. The van der Waals surface area contributed by atoms with Gasteiger partial charge >= 0.3 is 0 Å². The minimum absolute atomic E-state index is 0.388. The van der Waals surface area contributed by atoms with Gasteiger partial charge in [-0.15, -0.1) is 0 Å². The Hall–Kier alpha value is -2.64. The molecule has 27 heavy (non-hydrogen) atoms. The fourth-order valence-electron chi connectivity index (χ4n) is 4.22. The average molecular weight is 411 g/mol. The van der Waals surface area contributed by atoms with Crippen LogP contribution in [0.15, 0.2) is 102 Å². The third kappa shape index (κ3) is 3.02. The lowest BCUT2D eigenvalue weighted by Gasteiger charge is -2.28. The molecule has 1 aliphatic carbocycles. The highest BCUT2D eigenvalue weighted by molar-refractivity contribution is 9.10. The summed E-state index contributed by atoms with van der Waals surface area (Å²) in [6.45, 7) is 0. The lowest BCUT2D eigenvalue weighted by molar-refractivity contribution is 0.794. The van der Waals surface area contributed by atoms with E-state index in [1.807, 2.05) is 0 Å². The van der Waals surface area contributed by atoms with Gasteiger partial charge in [-0.1, -0.05) is 101 Å². The molecule has 0 bridgehead atoms. The molecule has 0 nitrogen and oxygen atoms in total. The van der Waals surface area contributed by atoms with Crippen molar-refractivity contribution in [2.45, 2.75) is 12.3 Å². The lowest BCUT2D eigenvalue weighted by atomic mass is 9.75. The van der Waals surface area contributed by atoms with Crippen LogP contribution >= 0.6 is 15.9 Å². The molecule has 0 fully saturated rings. The van der Waals surface area contributed by atoms with Gasteiger partial charge in [-0.3, -0.25) is 0 Å². The zero-order chi connectivity index (χ0) is 18.2. The van der Waals surface area contributed by atoms with E-state index in [0.717, 1.165) is 10.9 Å². The summed E-state index contributed by atoms with van der Waals surface area (Å²) in [5.74, 6) is 0.388. The molecule has 4 aromatic rings. The van der Waals surface area contributed by atoms with E-state index in [1.165, 1.54) is 38.9 Å². The molecule has 0 saturated carbocycles. The lowest BCUT2D eigenvalue weighted by Crippen LogP contribution is -2.12. The van der Waals surface area contributed by atoms with Crippen LogP contribution in [0.4, 0.5) is 0 Å². The van der Waals surface area contributed by atoms with Crippen LogP contribution in [0.3, 0.4) is 0 Å². The normalized spacial score (nSPS) is 15.1. The van der Waals surface area contributed by atoms with E-state index in [9.17, 15) is 0 Å². The molecule has 5 rings (SSSR count). The zero-order valence-electron chi connectivity index (χ0n) is 14.9. The van der Waals surface area contributed by atoms with Gasteiger partial charge in [-0.05, 0) is 57.5 Å². The molecule has 0 aliphatic heterocycles. The molecule has 0 N–H and O–H groups in total. The van der Waals surface area contributed by atoms with Crippen molar-refractivity contribution < 1.29 is 0 Å². The number of halogens is 1. The summed E-state index contributed by atoms with van der Waals surface area (Å²) in [4.78, 5) is 0. The Kier molecular flexibility index (Phi) is 4.18. The van der Waals surface area contributed by atoms with Gasteiger partial charge in [0.2, 0.25) is 0 Å². The second-order valence-corrected chi connectivity index (χ2v) is 8.05. The zero-order valence-corrected chi connectivity index (χ0v) is 16.5. The minimum atomic E-state index is 0.388. The van der Waals surface area contributed by atoms with Crippen molar-refractivity contribution in [1.82, 2.24) is 0 Å². The van der Waals surface area contributed by atoms with Crippen molar-refractivity contribution >= 4 is 15.9 Å². The number of fused-ring (bicyclic) bond motifs is 3. The SMILES string of the molecule is Brc1ccc2c(c1)-c1ccccc1C(c1cccc(-c3ccccc3)c1)C2. The maximum atomic E-state index is 3.64. The second kappa shape index (κ2) is 6.83. The van der Waals surface area contributed by atoms with Crippen LogP contribution in [0.5, 0.6) is 0 Å². The highest BCUT2D eigenvalue weighted by atomic mass is 79.9. The molecule has 0 spiro atoms. The summed E-state index contributed by atoms with van der Waals surface area (Å²) >= 11 is 3.64. The second-order valence-electron chi connectivity index (χ2n) is 7.14. The molecule has 0 amide bonds. The average Bonchev–Trinajstić information content (AvgIpc) is 2.74. The van der Waals surface area contributed by atoms with Gasteiger partial charge in [-0.2, -0.15) is 0 Å². The Bertz CT molecular complexity index is 1110. The fraction of sp³-hybridized carbons (Fsp3) is 0.0769. The number of hydrogen-bond donors (Lipinski definition) is 0. The van der Waals surface area contributed by atoms with Crippen molar-refractivity contribution in [3.8, 4) is 22.3 Å². The molecule has 1 aliphatic rings. The summed E-state index contributed by atoms with van der Waals surface area (Å²) in [6.07, 6.45) is 1.04. The number of benzene rings is 4. The molecular weight excluding hydrogens is 392 g/mol. The van der Waals surface area contributed by atoms with E-state index < -0.39 is 0 Å². The first-order chi connectivity index (χ1) is 13.3. The van der Waals surface area contributed by atoms with Crippen LogP contribution in [-0.4, -0.2) is 0 Å². The predicted molar refractivity (Wildman–Crippen MR) is 117 cm³/mol. The van der Waals surface area contributed by atoms with Gasteiger partial charge in [0, 0.05) is 10.4 Å². The van der Waals surface area contributed by atoms with Crippen LogP contribution in [0.1, 0.15) is 22.6 Å². The highest BCUT2D eigenvalue weighted by Gasteiger charge is 2.25.